The van der Waals surface area contributed by atoms with Gasteiger partial charge in [-0.15, -0.1) is 0 Å². The molecule has 0 rings (SSSR count). The van der Waals surface area contributed by atoms with Crippen LogP contribution in [0.2, 0.25) is 0 Å². The molecule has 0 saturated heterocycles. The molecule has 1 atom stereocenters. The Morgan fingerprint density at radius 3 is 2.31 bits per heavy atom. The van der Waals surface area contributed by atoms with Crippen molar-refractivity contribution in [2.24, 2.45) is 5.92 Å². The third kappa shape index (κ3) is 9.86. The van der Waals surface area contributed by atoms with Crippen molar-refractivity contribution >= 4 is 11.9 Å². The first-order chi connectivity index (χ1) is 5.54. The number of aliphatic carboxylic acids is 2. The summed E-state index contributed by atoms with van der Waals surface area (Å²) >= 11 is 0. The molecule has 0 aromatic rings. The largest absolute Gasteiger partial charge is 1.00 e. The van der Waals surface area contributed by atoms with Crippen LogP contribution in [0.4, 0.5) is 0 Å². The van der Waals surface area contributed by atoms with E-state index in [1.807, 2.05) is 0 Å². The summed E-state index contributed by atoms with van der Waals surface area (Å²) < 4.78 is 0. The summed E-state index contributed by atoms with van der Waals surface area (Å²) in [6.45, 7) is 1.57. The molecule has 0 aromatic heterocycles. The van der Waals surface area contributed by atoms with Gasteiger partial charge in [0.15, 0.2) is 0 Å². The van der Waals surface area contributed by atoms with Gasteiger partial charge in [0, 0.05) is 12.4 Å². The number of carboxylic acids is 2. The molecular formula is C8H13NaO4. The Hall–Kier alpha value is -0.0600. The van der Waals surface area contributed by atoms with Crippen LogP contribution in [0.5, 0.6) is 0 Å². The van der Waals surface area contributed by atoms with E-state index in [-0.39, 0.29) is 36.0 Å². The summed E-state index contributed by atoms with van der Waals surface area (Å²) in [7, 11) is 0. The first-order valence-electron chi connectivity index (χ1n) is 3.96. The van der Waals surface area contributed by atoms with Crippen LogP contribution in [0.3, 0.4) is 0 Å². The Labute approximate surface area is 99.6 Å². The number of carboxylic acid groups (broad SMARTS) is 2. The third-order valence-electron chi connectivity index (χ3n) is 1.68. The smallest absolute Gasteiger partial charge is 0.550 e. The summed E-state index contributed by atoms with van der Waals surface area (Å²) in [4.78, 5) is 20.2. The van der Waals surface area contributed by atoms with Gasteiger partial charge in [-0.3, -0.25) is 4.79 Å². The molecule has 13 heavy (non-hydrogen) atoms. The van der Waals surface area contributed by atoms with Gasteiger partial charge in [-0.1, -0.05) is 13.3 Å². The molecule has 0 heterocycles. The minimum absolute atomic E-state index is 0. The van der Waals surface area contributed by atoms with Gasteiger partial charge in [0.05, 0.1) is 0 Å². The third-order valence-corrected chi connectivity index (χ3v) is 1.68. The van der Waals surface area contributed by atoms with Gasteiger partial charge in [-0.05, 0) is 18.8 Å². The maximum Gasteiger partial charge on any atom is 1.00 e. The van der Waals surface area contributed by atoms with E-state index in [1.165, 1.54) is 0 Å². The van der Waals surface area contributed by atoms with Gasteiger partial charge < -0.3 is 15.0 Å². The predicted octanol–water partition coefficient (Wildman–Crippen LogP) is -2.98. The Kier molecular flexibility index (Phi) is 10.1. The molecule has 0 fully saturated rings. The summed E-state index contributed by atoms with van der Waals surface area (Å²) in [6.07, 6.45) is 1.77. The van der Waals surface area contributed by atoms with Crippen molar-refractivity contribution in [2.45, 2.75) is 32.6 Å². The molecule has 0 bridgehead atoms. The molecule has 70 valence electrons. The van der Waals surface area contributed by atoms with Gasteiger partial charge in [0.1, 0.15) is 0 Å². The van der Waals surface area contributed by atoms with Crippen molar-refractivity contribution in [1.82, 2.24) is 0 Å². The molecule has 1 unspecified atom stereocenters. The Morgan fingerprint density at radius 2 is 1.92 bits per heavy atom. The first kappa shape index (κ1) is 15.4. The fraction of sp³-hybridized carbons (Fsp3) is 0.750. The summed E-state index contributed by atoms with van der Waals surface area (Å²) in [6, 6.07) is 0. The van der Waals surface area contributed by atoms with Gasteiger partial charge in [-0.25, -0.2) is 0 Å². The quantitative estimate of drug-likeness (QED) is 0.363. The van der Waals surface area contributed by atoms with Crippen LogP contribution in [0.15, 0.2) is 0 Å². The van der Waals surface area contributed by atoms with E-state index in [0.717, 1.165) is 0 Å². The van der Waals surface area contributed by atoms with Crippen LogP contribution in [-0.2, 0) is 9.59 Å². The summed E-state index contributed by atoms with van der Waals surface area (Å²) in [5, 5.41) is 18.5. The van der Waals surface area contributed by atoms with Crippen molar-refractivity contribution in [3.05, 3.63) is 0 Å². The zero-order chi connectivity index (χ0) is 9.56. The SMILES string of the molecule is CC(CCCCC(=O)O)C(=O)[O-].[Na+]. The van der Waals surface area contributed by atoms with Crippen molar-refractivity contribution in [1.29, 1.82) is 0 Å². The second-order valence-electron chi connectivity index (χ2n) is 2.86. The molecule has 0 aliphatic heterocycles. The van der Waals surface area contributed by atoms with Crippen LogP contribution in [0, 0.1) is 5.92 Å². The second-order valence-corrected chi connectivity index (χ2v) is 2.86. The molecule has 0 spiro atoms. The van der Waals surface area contributed by atoms with E-state index >= 15 is 0 Å². The predicted molar refractivity (Wildman–Crippen MR) is 40.3 cm³/mol. The van der Waals surface area contributed by atoms with E-state index < -0.39 is 17.9 Å². The molecule has 0 saturated carbocycles. The monoisotopic (exact) mass is 196 g/mol. The van der Waals surface area contributed by atoms with Crippen molar-refractivity contribution < 1.29 is 49.4 Å². The minimum Gasteiger partial charge on any atom is -0.550 e. The van der Waals surface area contributed by atoms with Crippen LogP contribution >= 0.6 is 0 Å². The van der Waals surface area contributed by atoms with Crippen molar-refractivity contribution in [3.63, 3.8) is 0 Å². The average Bonchev–Trinajstić information content (AvgIpc) is 1.97. The van der Waals surface area contributed by atoms with Crippen LogP contribution in [0.1, 0.15) is 32.6 Å². The first-order valence-corrected chi connectivity index (χ1v) is 3.96. The van der Waals surface area contributed by atoms with Gasteiger partial charge in [0.25, 0.3) is 0 Å². The van der Waals surface area contributed by atoms with Crippen molar-refractivity contribution in [3.8, 4) is 0 Å². The fourth-order valence-electron chi connectivity index (χ4n) is 0.845. The van der Waals surface area contributed by atoms with E-state index in [1.54, 1.807) is 6.92 Å². The van der Waals surface area contributed by atoms with Crippen molar-refractivity contribution in [2.75, 3.05) is 0 Å². The number of rotatable bonds is 6. The van der Waals surface area contributed by atoms with Crippen LogP contribution in [0.25, 0.3) is 0 Å². The number of carbonyl (C=O) groups is 2. The number of hydrogen-bond donors (Lipinski definition) is 1. The standard InChI is InChI=1S/C8H14O4.Na/c1-6(8(11)12)4-2-3-5-7(9)10;/h6H,2-5H2,1H3,(H,9,10)(H,11,12);/q;+1/p-1. The van der Waals surface area contributed by atoms with E-state index in [2.05, 4.69) is 0 Å². The molecule has 0 radical (unpaired) electrons. The molecular weight excluding hydrogens is 183 g/mol. The number of hydrogen-bond acceptors (Lipinski definition) is 3. The maximum absolute atomic E-state index is 10.2. The van der Waals surface area contributed by atoms with Gasteiger partial charge in [0.2, 0.25) is 0 Å². The Balaban J connectivity index is 0. The number of carbonyl (C=O) groups excluding carboxylic acids is 1. The topological polar surface area (TPSA) is 77.4 Å². The minimum atomic E-state index is -1.06. The summed E-state index contributed by atoms with van der Waals surface area (Å²) in [5.41, 5.74) is 0. The maximum atomic E-state index is 10.2. The van der Waals surface area contributed by atoms with Crippen LogP contribution in [-0.4, -0.2) is 17.0 Å². The molecule has 0 amide bonds. The Bertz CT molecular complexity index is 170. The normalized spacial score (nSPS) is 11.5. The zero-order valence-corrected chi connectivity index (χ0v) is 10.1. The van der Waals surface area contributed by atoms with Crippen LogP contribution < -0.4 is 34.7 Å². The summed E-state index contributed by atoms with van der Waals surface area (Å²) in [5.74, 6) is -2.37. The van der Waals surface area contributed by atoms with E-state index in [0.29, 0.717) is 19.3 Å². The fourth-order valence-corrected chi connectivity index (χ4v) is 0.845. The second kappa shape index (κ2) is 8.53. The molecule has 5 heteroatoms. The van der Waals surface area contributed by atoms with Gasteiger partial charge >= 0.3 is 35.5 Å². The zero-order valence-electron chi connectivity index (χ0n) is 8.08. The molecule has 1 N–H and O–H groups in total. The molecule has 4 nitrogen and oxygen atoms in total. The van der Waals surface area contributed by atoms with E-state index in [9.17, 15) is 14.7 Å². The number of unbranched alkanes of at least 4 members (excludes halogenated alkanes) is 1. The van der Waals surface area contributed by atoms with E-state index in [4.69, 9.17) is 5.11 Å². The molecule has 0 aromatic carbocycles. The Morgan fingerprint density at radius 1 is 1.38 bits per heavy atom. The van der Waals surface area contributed by atoms with Gasteiger partial charge in [-0.2, -0.15) is 0 Å². The molecule has 0 aliphatic carbocycles. The average molecular weight is 196 g/mol. The molecule has 0 aliphatic rings.